The maximum atomic E-state index is 12.5. The molecule has 0 spiro atoms. The first-order chi connectivity index (χ1) is 10.6. The highest BCUT2D eigenvalue weighted by molar-refractivity contribution is 6.35. The Morgan fingerprint density at radius 3 is 2.77 bits per heavy atom. The fourth-order valence-corrected chi connectivity index (χ4v) is 3.25. The number of carbonyl (C=O) groups is 1. The van der Waals surface area contributed by atoms with Crippen LogP contribution < -0.4 is 4.90 Å². The summed E-state index contributed by atoms with van der Waals surface area (Å²) in [6.45, 7) is 2.06. The number of hydrogen-bond acceptors (Lipinski definition) is 1. The average Bonchev–Trinajstić information content (AvgIpc) is 2.82. The van der Waals surface area contributed by atoms with Crippen LogP contribution in [0.25, 0.3) is 6.08 Å². The second-order valence-corrected chi connectivity index (χ2v) is 6.23. The van der Waals surface area contributed by atoms with Crippen LogP contribution in [0.15, 0.2) is 48.5 Å². The van der Waals surface area contributed by atoms with Crippen molar-refractivity contribution in [2.75, 3.05) is 4.90 Å². The lowest BCUT2D eigenvalue weighted by molar-refractivity contribution is -0.114. The molecular formula is C18H15Cl2NO. The predicted octanol–water partition coefficient (Wildman–Crippen LogP) is 4.98. The van der Waals surface area contributed by atoms with Crippen LogP contribution in [0.4, 0.5) is 5.69 Å². The summed E-state index contributed by atoms with van der Waals surface area (Å²) in [6.07, 6.45) is 4.18. The number of halogens is 2. The molecule has 1 aliphatic heterocycles. The topological polar surface area (TPSA) is 20.3 Å². The van der Waals surface area contributed by atoms with Gasteiger partial charge in [-0.05, 0) is 48.7 Å². The van der Waals surface area contributed by atoms with E-state index in [-0.39, 0.29) is 11.9 Å². The summed E-state index contributed by atoms with van der Waals surface area (Å²) < 4.78 is 0. The Bertz CT molecular complexity index is 755. The molecule has 1 amide bonds. The molecule has 0 saturated heterocycles. The van der Waals surface area contributed by atoms with Crippen molar-refractivity contribution in [1.82, 2.24) is 0 Å². The molecule has 0 aliphatic carbocycles. The van der Waals surface area contributed by atoms with Gasteiger partial charge in [-0.15, -0.1) is 0 Å². The number of anilines is 1. The first-order valence-electron chi connectivity index (χ1n) is 7.10. The standard InChI is InChI=1S/C18H15Cl2NO/c1-12-10-14-4-2-3-5-17(14)21(12)18(22)9-7-13-6-8-15(19)11-16(13)20/h2-9,11-12H,10H2,1H3/b9-7+. The summed E-state index contributed by atoms with van der Waals surface area (Å²) in [4.78, 5) is 14.4. The molecule has 0 fully saturated rings. The second kappa shape index (κ2) is 6.15. The van der Waals surface area contributed by atoms with Gasteiger partial charge in [0.25, 0.3) is 5.91 Å². The molecule has 1 heterocycles. The fraction of sp³-hybridized carbons (Fsp3) is 0.167. The Balaban J connectivity index is 1.84. The number of rotatable bonds is 2. The summed E-state index contributed by atoms with van der Waals surface area (Å²) >= 11 is 12.0. The van der Waals surface area contributed by atoms with Gasteiger partial charge in [0.1, 0.15) is 0 Å². The minimum absolute atomic E-state index is 0.0385. The molecule has 1 aliphatic rings. The predicted molar refractivity (Wildman–Crippen MR) is 92.6 cm³/mol. The third-order valence-corrected chi connectivity index (χ3v) is 4.38. The number of carbonyl (C=O) groups excluding carboxylic acids is 1. The van der Waals surface area contributed by atoms with E-state index in [0.29, 0.717) is 10.0 Å². The SMILES string of the molecule is CC1Cc2ccccc2N1C(=O)/C=C/c1ccc(Cl)cc1Cl. The zero-order valence-corrected chi connectivity index (χ0v) is 13.6. The molecule has 0 N–H and O–H groups in total. The lowest BCUT2D eigenvalue weighted by Gasteiger charge is -2.21. The largest absolute Gasteiger partial charge is 0.305 e. The monoisotopic (exact) mass is 331 g/mol. The maximum absolute atomic E-state index is 12.5. The van der Waals surface area contributed by atoms with E-state index in [2.05, 4.69) is 13.0 Å². The molecule has 112 valence electrons. The molecule has 2 aromatic rings. The van der Waals surface area contributed by atoms with Crippen molar-refractivity contribution in [3.8, 4) is 0 Å². The van der Waals surface area contributed by atoms with E-state index in [1.165, 1.54) is 5.56 Å². The van der Waals surface area contributed by atoms with E-state index in [1.807, 2.05) is 23.1 Å². The van der Waals surface area contributed by atoms with Crippen LogP contribution in [0.3, 0.4) is 0 Å². The molecule has 0 saturated carbocycles. The van der Waals surface area contributed by atoms with Crippen LogP contribution in [-0.2, 0) is 11.2 Å². The molecule has 1 atom stereocenters. The van der Waals surface area contributed by atoms with E-state index in [9.17, 15) is 4.79 Å². The summed E-state index contributed by atoms with van der Waals surface area (Å²) in [5, 5.41) is 1.11. The second-order valence-electron chi connectivity index (χ2n) is 5.39. The molecule has 1 unspecified atom stereocenters. The lowest BCUT2D eigenvalue weighted by Crippen LogP contribution is -2.34. The van der Waals surface area contributed by atoms with Crippen LogP contribution >= 0.6 is 23.2 Å². The Hall–Kier alpha value is -1.77. The van der Waals surface area contributed by atoms with Gasteiger partial charge in [0, 0.05) is 27.9 Å². The van der Waals surface area contributed by atoms with Crippen molar-refractivity contribution in [2.45, 2.75) is 19.4 Å². The number of para-hydroxylation sites is 1. The zero-order chi connectivity index (χ0) is 15.7. The van der Waals surface area contributed by atoms with Crippen LogP contribution in [0.5, 0.6) is 0 Å². The Morgan fingerprint density at radius 1 is 1.23 bits per heavy atom. The number of benzene rings is 2. The summed E-state index contributed by atoms with van der Waals surface area (Å²) in [5.41, 5.74) is 2.98. The van der Waals surface area contributed by atoms with Crippen molar-refractivity contribution in [1.29, 1.82) is 0 Å². The van der Waals surface area contributed by atoms with E-state index in [1.54, 1.807) is 30.4 Å². The quantitative estimate of drug-likeness (QED) is 0.710. The van der Waals surface area contributed by atoms with E-state index >= 15 is 0 Å². The molecule has 2 nitrogen and oxygen atoms in total. The highest BCUT2D eigenvalue weighted by Crippen LogP contribution is 2.32. The van der Waals surface area contributed by atoms with Gasteiger partial charge in [-0.3, -0.25) is 4.79 Å². The number of fused-ring (bicyclic) bond motifs is 1. The van der Waals surface area contributed by atoms with E-state index in [0.717, 1.165) is 17.7 Å². The van der Waals surface area contributed by atoms with Gasteiger partial charge < -0.3 is 4.90 Å². The van der Waals surface area contributed by atoms with E-state index in [4.69, 9.17) is 23.2 Å². The molecule has 0 aromatic heterocycles. The van der Waals surface area contributed by atoms with Crippen LogP contribution in [0.1, 0.15) is 18.1 Å². The summed E-state index contributed by atoms with van der Waals surface area (Å²) in [6, 6.07) is 13.4. The van der Waals surface area contributed by atoms with Crippen LogP contribution in [-0.4, -0.2) is 11.9 Å². The van der Waals surface area contributed by atoms with Crippen LogP contribution in [0, 0.1) is 0 Å². The summed E-state index contributed by atoms with van der Waals surface area (Å²) in [7, 11) is 0. The summed E-state index contributed by atoms with van der Waals surface area (Å²) in [5.74, 6) is -0.0385. The van der Waals surface area contributed by atoms with Gasteiger partial charge >= 0.3 is 0 Å². The first-order valence-corrected chi connectivity index (χ1v) is 7.86. The minimum Gasteiger partial charge on any atom is -0.305 e. The molecular weight excluding hydrogens is 317 g/mol. The molecule has 0 radical (unpaired) electrons. The number of nitrogens with zero attached hydrogens (tertiary/aromatic N) is 1. The van der Waals surface area contributed by atoms with Crippen LogP contribution in [0.2, 0.25) is 10.0 Å². The third-order valence-electron chi connectivity index (χ3n) is 3.81. The molecule has 0 bridgehead atoms. The maximum Gasteiger partial charge on any atom is 0.251 e. The Kier molecular flexibility index (Phi) is 4.23. The minimum atomic E-state index is -0.0385. The van der Waals surface area contributed by atoms with Gasteiger partial charge in [0.05, 0.1) is 0 Å². The Labute approximate surface area is 140 Å². The van der Waals surface area contributed by atoms with Gasteiger partial charge in [-0.2, -0.15) is 0 Å². The highest BCUT2D eigenvalue weighted by atomic mass is 35.5. The fourth-order valence-electron chi connectivity index (χ4n) is 2.78. The Morgan fingerprint density at radius 2 is 2.00 bits per heavy atom. The van der Waals surface area contributed by atoms with Gasteiger partial charge in [-0.25, -0.2) is 0 Å². The molecule has 2 aromatic carbocycles. The smallest absolute Gasteiger partial charge is 0.251 e. The average molecular weight is 332 g/mol. The number of amides is 1. The highest BCUT2D eigenvalue weighted by Gasteiger charge is 2.29. The zero-order valence-electron chi connectivity index (χ0n) is 12.1. The molecule has 4 heteroatoms. The lowest BCUT2D eigenvalue weighted by atomic mass is 10.1. The first kappa shape index (κ1) is 15.1. The van der Waals surface area contributed by atoms with Crippen molar-refractivity contribution in [2.24, 2.45) is 0 Å². The number of hydrogen-bond donors (Lipinski definition) is 0. The third kappa shape index (κ3) is 2.90. The molecule has 3 rings (SSSR count). The van der Waals surface area contributed by atoms with Crippen molar-refractivity contribution >= 4 is 40.9 Å². The van der Waals surface area contributed by atoms with Gasteiger partial charge in [0.2, 0.25) is 0 Å². The van der Waals surface area contributed by atoms with Crippen molar-refractivity contribution < 1.29 is 4.79 Å². The van der Waals surface area contributed by atoms with Crippen molar-refractivity contribution in [3.05, 3.63) is 69.7 Å². The normalized spacial score (nSPS) is 17.0. The van der Waals surface area contributed by atoms with Crippen molar-refractivity contribution in [3.63, 3.8) is 0 Å². The van der Waals surface area contributed by atoms with Gasteiger partial charge in [0.15, 0.2) is 0 Å². The van der Waals surface area contributed by atoms with Gasteiger partial charge in [-0.1, -0.05) is 47.5 Å². The molecule has 22 heavy (non-hydrogen) atoms. The van der Waals surface area contributed by atoms with E-state index < -0.39 is 0 Å².